The van der Waals surface area contributed by atoms with E-state index in [1.54, 1.807) is 7.05 Å². The molecular formula is C19H21N3O4S. The van der Waals surface area contributed by atoms with Crippen molar-refractivity contribution in [2.75, 3.05) is 13.6 Å². The number of carbonyl (C=O) groups is 3. The van der Waals surface area contributed by atoms with Gasteiger partial charge in [0.1, 0.15) is 23.7 Å². The predicted molar refractivity (Wildman–Crippen MR) is 100 cm³/mol. The molecule has 142 valence electrons. The minimum absolute atomic E-state index is 0.0371. The molecule has 2 aliphatic rings. The summed E-state index contributed by atoms with van der Waals surface area (Å²) in [6.07, 6.45) is 4.22. The Morgan fingerprint density at radius 1 is 1.22 bits per heavy atom. The van der Waals surface area contributed by atoms with Crippen molar-refractivity contribution in [1.29, 1.82) is 0 Å². The van der Waals surface area contributed by atoms with Gasteiger partial charge in [-0.3, -0.25) is 14.5 Å². The second-order valence-corrected chi connectivity index (χ2v) is 8.18. The molecular weight excluding hydrogens is 366 g/mol. The van der Waals surface area contributed by atoms with Crippen LogP contribution in [0.3, 0.4) is 0 Å². The Hall–Kier alpha value is -2.48. The van der Waals surface area contributed by atoms with Gasteiger partial charge in [0, 0.05) is 7.05 Å². The minimum atomic E-state index is -0.775. The number of para-hydroxylation sites is 1. The van der Waals surface area contributed by atoms with E-state index in [1.165, 1.54) is 16.2 Å². The lowest BCUT2D eigenvalue weighted by Gasteiger charge is -2.35. The van der Waals surface area contributed by atoms with Gasteiger partial charge in [0.2, 0.25) is 0 Å². The van der Waals surface area contributed by atoms with Gasteiger partial charge in [-0.2, -0.15) is 0 Å². The van der Waals surface area contributed by atoms with Crippen LogP contribution in [0.15, 0.2) is 24.3 Å². The highest BCUT2D eigenvalue weighted by Gasteiger charge is 2.55. The fourth-order valence-electron chi connectivity index (χ4n) is 3.97. The summed E-state index contributed by atoms with van der Waals surface area (Å²) in [5.74, 6) is -0.871. The predicted octanol–water partition coefficient (Wildman–Crippen LogP) is 2.94. The Balaban J connectivity index is 1.40. The lowest BCUT2D eigenvalue weighted by molar-refractivity contribution is -0.149. The molecule has 1 spiro atoms. The summed E-state index contributed by atoms with van der Waals surface area (Å²) in [5.41, 5.74) is 0.0853. The van der Waals surface area contributed by atoms with Crippen molar-refractivity contribution in [3.63, 3.8) is 0 Å². The zero-order valence-electron chi connectivity index (χ0n) is 15.1. The zero-order valence-corrected chi connectivity index (χ0v) is 16.0. The Bertz CT molecular complexity index is 870. The molecule has 0 atom stereocenters. The van der Waals surface area contributed by atoms with Gasteiger partial charge in [0.25, 0.3) is 5.91 Å². The lowest BCUT2D eigenvalue weighted by Crippen LogP contribution is -2.49. The molecule has 2 aromatic rings. The summed E-state index contributed by atoms with van der Waals surface area (Å²) in [4.78, 5) is 44.6. The molecule has 0 radical (unpaired) electrons. The number of urea groups is 1. The highest BCUT2D eigenvalue weighted by atomic mass is 32.1. The summed E-state index contributed by atoms with van der Waals surface area (Å²) in [5, 5.41) is 0.685. The molecule has 27 heavy (non-hydrogen) atoms. The van der Waals surface area contributed by atoms with E-state index in [0.717, 1.165) is 34.4 Å². The molecule has 0 bridgehead atoms. The second-order valence-electron chi connectivity index (χ2n) is 7.06. The Morgan fingerprint density at radius 3 is 2.70 bits per heavy atom. The van der Waals surface area contributed by atoms with Crippen LogP contribution in [0.2, 0.25) is 0 Å². The zero-order chi connectivity index (χ0) is 19.0. The average Bonchev–Trinajstić information content (AvgIpc) is 3.18. The SMILES string of the molecule is CN1C(=O)N(CC(=O)OCc2nc3ccccc3s2)C(=O)C12CCCCC2. The molecule has 7 nitrogen and oxygen atoms in total. The van der Waals surface area contributed by atoms with Crippen LogP contribution in [0.4, 0.5) is 4.79 Å². The number of esters is 1. The third-order valence-electron chi connectivity index (χ3n) is 5.47. The topological polar surface area (TPSA) is 79.8 Å². The molecule has 1 saturated carbocycles. The van der Waals surface area contributed by atoms with Gasteiger partial charge >= 0.3 is 12.0 Å². The molecule has 1 aromatic heterocycles. The largest absolute Gasteiger partial charge is 0.457 e. The summed E-state index contributed by atoms with van der Waals surface area (Å²) < 4.78 is 6.29. The number of carbonyl (C=O) groups excluding carboxylic acids is 3. The number of rotatable bonds is 4. The van der Waals surface area contributed by atoms with Gasteiger partial charge in [0.05, 0.1) is 10.2 Å². The summed E-state index contributed by atoms with van der Waals surface area (Å²) in [7, 11) is 1.65. The Labute approximate surface area is 160 Å². The number of benzene rings is 1. The number of imide groups is 1. The first kappa shape index (κ1) is 17.9. The van der Waals surface area contributed by atoms with Gasteiger partial charge in [-0.15, -0.1) is 11.3 Å². The van der Waals surface area contributed by atoms with E-state index < -0.39 is 17.5 Å². The summed E-state index contributed by atoms with van der Waals surface area (Å²) in [6.45, 7) is -0.315. The molecule has 2 heterocycles. The first-order valence-corrected chi connectivity index (χ1v) is 9.93. The second kappa shape index (κ2) is 6.92. The maximum Gasteiger partial charge on any atom is 0.327 e. The number of ether oxygens (including phenoxy) is 1. The molecule has 1 aliphatic heterocycles. The standard InChI is InChI=1S/C19H21N3O4S/c1-21-18(25)22(17(24)19(21)9-5-2-6-10-19)11-16(23)26-12-15-20-13-7-3-4-8-14(13)27-15/h3-4,7-8H,2,5-6,9-12H2,1H3. The van der Waals surface area contributed by atoms with Crippen LogP contribution < -0.4 is 0 Å². The third kappa shape index (κ3) is 3.07. The monoisotopic (exact) mass is 387 g/mol. The number of amides is 3. The molecule has 1 aliphatic carbocycles. The number of fused-ring (bicyclic) bond motifs is 1. The molecule has 0 N–H and O–H groups in total. The maximum absolute atomic E-state index is 12.9. The van der Waals surface area contributed by atoms with E-state index >= 15 is 0 Å². The summed E-state index contributed by atoms with van der Waals surface area (Å²) in [6, 6.07) is 7.27. The quantitative estimate of drug-likeness (QED) is 0.595. The smallest absolute Gasteiger partial charge is 0.327 e. The van der Waals surface area contributed by atoms with Gasteiger partial charge in [0.15, 0.2) is 0 Å². The van der Waals surface area contributed by atoms with Gasteiger partial charge < -0.3 is 9.64 Å². The molecule has 4 rings (SSSR count). The van der Waals surface area contributed by atoms with Crippen LogP contribution in [-0.4, -0.2) is 51.8 Å². The third-order valence-corrected chi connectivity index (χ3v) is 6.48. The minimum Gasteiger partial charge on any atom is -0.457 e. The highest BCUT2D eigenvalue weighted by molar-refractivity contribution is 7.18. The fraction of sp³-hybridized carbons (Fsp3) is 0.474. The van der Waals surface area contributed by atoms with Crippen LogP contribution in [0.25, 0.3) is 10.2 Å². The van der Waals surface area contributed by atoms with Crippen LogP contribution in [0.5, 0.6) is 0 Å². The van der Waals surface area contributed by atoms with E-state index in [4.69, 9.17) is 4.74 Å². The fourth-order valence-corrected chi connectivity index (χ4v) is 4.85. The van der Waals surface area contributed by atoms with E-state index in [9.17, 15) is 14.4 Å². The van der Waals surface area contributed by atoms with E-state index in [2.05, 4.69) is 4.98 Å². The molecule has 2 fully saturated rings. The molecule has 1 saturated heterocycles. The summed E-state index contributed by atoms with van der Waals surface area (Å²) >= 11 is 1.46. The van der Waals surface area contributed by atoms with Gasteiger partial charge in [-0.25, -0.2) is 9.78 Å². The maximum atomic E-state index is 12.9. The first-order chi connectivity index (χ1) is 13.0. The van der Waals surface area contributed by atoms with Crippen LogP contribution in [0.1, 0.15) is 37.1 Å². The van der Waals surface area contributed by atoms with Crippen molar-refractivity contribution in [3.05, 3.63) is 29.3 Å². The van der Waals surface area contributed by atoms with Crippen molar-refractivity contribution >= 4 is 39.5 Å². The van der Waals surface area contributed by atoms with Crippen LogP contribution >= 0.6 is 11.3 Å². The lowest BCUT2D eigenvalue weighted by atomic mass is 9.81. The van der Waals surface area contributed by atoms with Crippen molar-refractivity contribution in [2.24, 2.45) is 0 Å². The number of hydrogen-bond acceptors (Lipinski definition) is 6. The number of nitrogens with zero attached hydrogens (tertiary/aromatic N) is 3. The molecule has 0 unspecified atom stereocenters. The van der Waals surface area contributed by atoms with Crippen molar-refractivity contribution < 1.29 is 19.1 Å². The van der Waals surface area contributed by atoms with Crippen LogP contribution in [0, 0.1) is 0 Å². The Kier molecular flexibility index (Phi) is 4.59. The van der Waals surface area contributed by atoms with Gasteiger partial charge in [-0.05, 0) is 25.0 Å². The van der Waals surface area contributed by atoms with Crippen molar-refractivity contribution in [2.45, 2.75) is 44.2 Å². The highest BCUT2D eigenvalue weighted by Crippen LogP contribution is 2.39. The van der Waals surface area contributed by atoms with Gasteiger partial charge in [-0.1, -0.05) is 31.4 Å². The van der Waals surface area contributed by atoms with E-state index in [-0.39, 0.29) is 19.1 Å². The first-order valence-electron chi connectivity index (χ1n) is 9.11. The number of thiazole rings is 1. The molecule has 3 amide bonds. The normalized spacial score (nSPS) is 19.3. The molecule has 8 heteroatoms. The number of hydrogen-bond donors (Lipinski definition) is 0. The van der Waals surface area contributed by atoms with Crippen molar-refractivity contribution in [3.8, 4) is 0 Å². The number of aromatic nitrogens is 1. The van der Waals surface area contributed by atoms with Crippen LogP contribution in [-0.2, 0) is 20.9 Å². The van der Waals surface area contributed by atoms with Crippen molar-refractivity contribution in [1.82, 2.24) is 14.8 Å². The molecule has 1 aromatic carbocycles. The van der Waals surface area contributed by atoms with E-state index in [1.807, 2.05) is 24.3 Å². The average molecular weight is 387 g/mol. The number of likely N-dealkylation sites (N-methyl/N-ethyl adjacent to an activating group) is 1. The Morgan fingerprint density at radius 2 is 1.96 bits per heavy atom. The van der Waals surface area contributed by atoms with E-state index in [0.29, 0.717) is 17.8 Å².